The van der Waals surface area contributed by atoms with Crippen molar-refractivity contribution in [3.8, 4) is 0 Å². The number of ether oxygens (including phenoxy) is 1. The number of benzene rings is 2. The summed E-state index contributed by atoms with van der Waals surface area (Å²) in [5.74, 6) is 2.19. The van der Waals surface area contributed by atoms with E-state index in [-0.39, 0.29) is 5.97 Å². The van der Waals surface area contributed by atoms with Crippen molar-refractivity contribution < 1.29 is 9.53 Å². The maximum atomic E-state index is 12.1. The quantitative estimate of drug-likeness (QED) is 0.281. The molecule has 0 heterocycles. The Balaban J connectivity index is 1.44. The van der Waals surface area contributed by atoms with Crippen LogP contribution in [0, 0.1) is 11.8 Å². The van der Waals surface area contributed by atoms with E-state index in [1.165, 1.54) is 56.9 Å². The maximum Gasteiger partial charge on any atom is 0.338 e. The molecular formula is C28H38O2. The molecule has 0 aromatic heterocycles. The van der Waals surface area contributed by atoms with Gasteiger partial charge < -0.3 is 4.74 Å². The van der Waals surface area contributed by atoms with Crippen LogP contribution in [0.5, 0.6) is 0 Å². The molecule has 1 fully saturated rings. The smallest absolute Gasteiger partial charge is 0.338 e. The molecule has 1 aliphatic carbocycles. The summed E-state index contributed by atoms with van der Waals surface area (Å²) in [6, 6.07) is 20.4. The fourth-order valence-electron chi connectivity index (χ4n) is 5.17. The van der Waals surface area contributed by atoms with Crippen molar-refractivity contribution in [3.05, 3.63) is 71.8 Å². The van der Waals surface area contributed by atoms with Crippen molar-refractivity contribution in [2.75, 3.05) is 6.61 Å². The fraction of sp³-hybridized carbons (Fsp3) is 0.536. The molecule has 0 saturated heterocycles. The number of esters is 1. The van der Waals surface area contributed by atoms with E-state index in [0.29, 0.717) is 18.1 Å². The van der Waals surface area contributed by atoms with Crippen molar-refractivity contribution in [2.24, 2.45) is 11.8 Å². The van der Waals surface area contributed by atoms with Gasteiger partial charge in [-0.2, -0.15) is 0 Å². The summed E-state index contributed by atoms with van der Waals surface area (Å²) < 4.78 is 5.46. The Labute approximate surface area is 183 Å². The third-order valence-corrected chi connectivity index (χ3v) is 6.77. The summed E-state index contributed by atoms with van der Waals surface area (Å²) in [4.78, 5) is 12.1. The lowest BCUT2D eigenvalue weighted by Gasteiger charge is -2.34. The van der Waals surface area contributed by atoms with Gasteiger partial charge in [0.25, 0.3) is 0 Å². The van der Waals surface area contributed by atoms with Crippen molar-refractivity contribution in [2.45, 2.75) is 77.0 Å². The average Bonchev–Trinajstić information content (AvgIpc) is 2.80. The Kier molecular flexibility index (Phi) is 9.47. The van der Waals surface area contributed by atoms with Gasteiger partial charge in [0, 0.05) is 0 Å². The fourth-order valence-corrected chi connectivity index (χ4v) is 5.17. The van der Waals surface area contributed by atoms with Gasteiger partial charge in [-0.05, 0) is 61.1 Å². The summed E-state index contributed by atoms with van der Waals surface area (Å²) >= 11 is 0. The molecule has 0 aliphatic heterocycles. The minimum Gasteiger partial charge on any atom is -0.462 e. The highest BCUT2D eigenvalue weighted by atomic mass is 16.5. The van der Waals surface area contributed by atoms with Crippen LogP contribution in [0.2, 0.25) is 0 Å². The number of carbonyl (C=O) groups is 1. The van der Waals surface area contributed by atoms with Crippen LogP contribution in [0.15, 0.2) is 60.7 Å². The SMILES string of the molecule is CCCC(CC1CCCCC1CCCCOC(=O)c1ccccc1)c1ccccc1. The van der Waals surface area contributed by atoms with Crippen molar-refractivity contribution >= 4 is 5.97 Å². The summed E-state index contributed by atoms with van der Waals surface area (Å²) in [5, 5.41) is 0. The second-order valence-corrected chi connectivity index (χ2v) is 8.93. The van der Waals surface area contributed by atoms with Gasteiger partial charge in [-0.15, -0.1) is 0 Å². The van der Waals surface area contributed by atoms with Crippen LogP contribution in [0.3, 0.4) is 0 Å². The maximum absolute atomic E-state index is 12.1. The Morgan fingerprint density at radius 3 is 2.30 bits per heavy atom. The van der Waals surface area contributed by atoms with Crippen LogP contribution in [0.4, 0.5) is 0 Å². The molecule has 3 unspecified atom stereocenters. The molecule has 3 rings (SSSR count). The normalized spacial score (nSPS) is 19.9. The van der Waals surface area contributed by atoms with Gasteiger partial charge in [0.1, 0.15) is 0 Å². The summed E-state index contributed by atoms with van der Waals surface area (Å²) in [5.41, 5.74) is 2.17. The first-order valence-electron chi connectivity index (χ1n) is 12.0. The van der Waals surface area contributed by atoms with E-state index < -0.39 is 0 Å². The van der Waals surface area contributed by atoms with Gasteiger partial charge in [0.05, 0.1) is 12.2 Å². The topological polar surface area (TPSA) is 26.3 Å². The minimum atomic E-state index is -0.198. The second-order valence-electron chi connectivity index (χ2n) is 8.93. The third-order valence-electron chi connectivity index (χ3n) is 6.77. The van der Waals surface area contributed by atoms with E-state index in [9.17, 15) is 4.79 Å². The Hall–Kier alpha value is -2.09. The molecule has 3 atom stereocenters. The van der Waals surface area contributed by atoms with Crippen molar-refractivity contribution in [3.63, 3.8) is 0 Å². The predicted molar refractivity (Wildman–Crippen MR) is 125 cm³/mol. The van der Waals surface area contributed by atoms with E-state index in [4.69, 9.17) is 4.74 Å². The third kappa shape index (κ3) is 7.00. The first kappa shape index (κ1) is 22.6. The molecule has 1 aliphatic rings. The number of unbranched alkanes of at least 4 members (excludes halogenated alkanes) is 1. The Morgan fingerprint density at radius 2 is 1.60 bits per heavy atom. The second kappa shape index (κ2) is 12.6. The van der Waals surface area contributed by atoms with Gasteiger partial charge >= 0.3 is 5.97 Å². The summed E-state index contributed by atoms with van der Waals surface area (Å²) in [7, 11) is 0. The minimum absolute atomic E-state index is 0.198. The monoisotopic (exact) mass is 406 g/mol. The lowest BCUT2D eigenvalue weighted by molar-refractivity contribution is 0.0494. The van der Waals surface area contributed by atoms with Crippen LogP contribution >= 0.6 is 0 Å². The van der Waals surface area contributed by atoms with E-state index in [2.05, 4.69) is 37.3 Å². The van der Waals surface area contributed by atoms with Gasteiger partial charge in [0.15, 0.2) is 0 Å². The highest BCUT2D eigenvalue weighted by molar-refractivity contribution is 5.89. The van der Waals surface area contributed by atoms with Crippen LogP contribution in [-0.4, -0.2) is 12.6 Å². The summed E-state index contributed by atoms with van der Waals surface area (Å²) in [6.45, 7) is 2.85. The zero-order valence-electron chi connectivity index (χ0n) is 18.6. The first-order valence-corrected chi connectivity index (χ1v) is 12.0. The molecule has 0 amide bonds. The van der Waals surface area contributed by atoms with Crippen LogP contribution in [-0.2, 0) is 4.74 Å². The highest BCUT2D eigenvalue weighted by Gasteiger charge is 2.27. The molecule has 2 nitrogen and oxygen atoms in total. The zero-order valence-corrected chi connectivity index (χ0v) is 18.6. The Morgan fingerprint density at radius 1 is 0.933 bits per heavy atom. The van der Waals surface area contributed by atoms with E-state index in [1.807, 2.05) is 30.3 Å². The molecule has 0 N–H and O–H groups in total. The molecule has 162 valence electrons. The number of carbonyl (C=O) groups excluding carboxylic acids is 1. The molecule has 30 heavy (non-hydrogen) atoms. The molecule has 0 spiro atoms. The van der Waals surface area contributed by atoms with Gasteiger partial charge in [-0.1, -0.05) is 94.0 Å². The average molecular weight is 407 g/mol. The number of rotatable bonds is 11. The number of hydrogen-bond donors (Lipinski definition) is 0. The van der Waals surface area contributed by atoms with Crippen molar-refractivity contribution in [1.29, 1.82) is 0 Å². The van der Waals surface area contributed by atoms with Gasteiger partial charge in [-0.25, -0.2) is 4.79 Å². The molecule has 0 radical (unpaired) electrons. The van der Waals surface area contributed by atoms with E-state index in [1.54, 1.807) is 0 Å². The number of hydrogen-bond acceptors (Lipinski definition) is 2. The molecule has 1 saturated carbocycles. The van der Waals surface area contributed by atoms with Crippen molar-refractivity contribution in [1.82, 2.24) is 0 Å². The molecular weight excluding hydrogens is 368 g/mol. The summed E-state index contributed by atoms with van der Waals surface area (Å²) in [6.07, 6.45) is 12.8. The lowest BCUT2D eigenvalue weighted by Crippen LogP contribution is -2.22. The van der Waals surface area contributed by atoms with E-state index >= 15 is 0 Å². The largest absolute Gasteiger partial charge is 0.462 e. The molecule has 2 aromatic rings. The molecule has 2 aromatic carbocycles. The molecule has 0 bridgehead atoms. The first-order chi connectivity index (χ1) is 14.8. The van der Waals surface area contributed by atoms with E-state index in [0.717, 1.165) is 24.7 Å². The van der Waals surface area contributed by atoms with Crippen LogP contribution in [0.1, 0.15) is 93.0 Å². The van der Waals surface area contributed by atoms with Crippen LogP contribution in [0.25, 0.3) is 0 Å². The predicted octanol–water partition coefficient (Wildman–Crippen LogP) is 7.79. The van der Waals surface area contributed by atoms with Gasteiger partial charge in [-0.3, -0.25) is 0 Å². The highest BCUT2D eigenvalue weighted by Crippen LogP contribution is 2.40. The van der Waals surface area contributed by atoms with Crippen LogP contribution < -0.4 is 0 Å². The van der Waals surface area contributed by atoms with Gasteiger partial charge in [0.2, 0.25) is 0 Å². The lowest BCUT2D eigenvalue weighted by atomic mass is 9.71. The standard InChI is InChI=1S/C28H38O2/c1-2-13-26(23-14-5-3-6-15-23)22-27-20-10-9-16-24(27)17-11-12-21-30-28(29)25-18-7-4-8-19-25/h3-8,14-15,18-19,24,26-27H,2,9-13,16-17,20-22H2,1H3. The Bertz CT molecular complexity index is 725. The zero-order chi connectivity index (χ0) is 21.0. The molecule has 2 heteroatoms.